The third-order valence-electron chi connectivity index (χ3n) is 3.99. The van der Waals surface area contributed by atoms with Gasteiger partial charge in [0.05, 0.1) is 12.1 Å². The molecular formula is C14H30N2O2. The third-order valence-corrected chi connectivity index (χ3v) is 3.99. The van der Waals surface area contributed by atoms with E-state index in [4.69, 9.17) is 5.73 Å². The molecule has 0 spiro atoms. The van der Waals surface area contributed by atoms with E-state index in [-0.39, 0.29) is 12.5 Å². The number of hydrogen-bond acceptors (Lipinski definition) is 3. The lowest BCUT2D eigenvalue weighted by molar-refractivity contribution is -0.124. The number of aliphatic hydroxyl groups is 1. The highest BCUT2D eigenvalue weighted by molar-refractivity contribution is 5.76. The van der Waals surface area contributed by atoms with Crippen LogP contribution in [-0.4, -0.2) is 29.7 Å². The first-order valence-corrected chi connectivity index (χ1v) is 7.19. The van der Waals surface area contributed by atoms with Crippen molar-refractivity contribution in [1.29, 1.82) is 0 Å². The predicted molar refractivity (Wildman–Crippen MR) is 75.2 cm³/mol. The van der Waals surface area contributed by atoms with Crippen LogP contribution in [0.15, 0.2) is 0 Å². The Morgan fingerprint density at radius 3 is 2.28 bits per heavy atom. The van der Waals surface area contributed by atoms with E-state index in [1.54, 1.807) is 0 Å². The zero-order chi connectivity index (χ0) is 14.0. The van der Waals surface area contributed by atoms with Crippen LogP contribution in [0, 0.1) is 5.92 Å². The highest BCUT2D eigenvalue weighted by atomic mass is 16.3. The lowest BCUT2D eigenvalue weighted by Gasteiger charge is -2.31. The summed E-state index contributed by atoms with van der Waals surface area (Å²) >= 11 is 0. The Morgan fingerprint density at radius 1 is 1.28 bits per heavy atom. The molecule has 4 nitrogen and oxygen atoms in total. The molecule has 0 aromatic rings. The van der Waals surface area contributed by atoms with Crippen LogP contribution in [-0.2, 0) is 4.79 Å². The second-order valence-electron chi connectivity index (χ2n) is 5.08. The molecule has 0 radical (unpaired) electrons. The highest BCUT2D eigenvalue weighted by Gasteiger charge is 2.26. The van der Waals surface area contributed by atoms with Crippen molar-refractivity contribution in [2.24, 2.45) is 11.7 Å². The van der Waals surface area contributed by atoms with Crippen molar-refractivity contribution < 1.29 is 9.90 Å². The maximum absolute atomic E-state index is 11.9. The van der Waals surface area contributed by atoms with Crippen LogP contribution in [0.1, 0.15) is 59.3 Å². The Labute approximate surface area is 111 Å². The quantitative estimate of drug-likeness (QED) is 0.559. The Morgan fingerprint density at radius 2 is 1.89 bits per heavy atom. The van der Waals surface area contributed by atoms with Gasteiger partial charge in [0.15, 0.2) is 0 Å². The minimum atomic E-state index is -0.438. The first-order chi connectivity index (χ1) is 8.57. The number of rotatable bonds is 10. The summed E-state index contributed by atoms with van der Waals surface area (Å²) < 4.78 is 0. The molecule has 0 saturated heterocycles. The topological polar surface area (TPSA) is 75.4 Å². The smallest absolute Gasteiger partial charge is 0.220 e. The van der Waals surface area contributed by atoms with E-state index in [0.29, 0.717) is 18.9 Å². The molecule has 108 valence electrons. The van der Waals surface area contributed by atoms with Crippen molar-refractivity contribution in [3.05, 3.63) is 0 Å². The normalized spacial score (nSPS) is 13.4. The molecule has 4 N–H and O–H groups in total. The van der Waals surface area contributed by atoms with Gasteiger partial charge in [0, 0.05) is 6.42 Å². The number of amides is 1. The zero-order valence-corrected chi connectivity index (χ0v) is 12.2. The van der Waals surface area contributed by atoms with E-state index in [0.717, 1.165) is 32.1 Å². The van der Waals surface area contributed by atoms with Gasteiger partial charge in [-0.25, -0.2) is 0 Å². The summed E-state index contributed by atoms with van der Waals surface area (Å²) in [5, 5.41) is 12.4. The molecule has 1 atom stereocenters. The first kappa shape index (κ1) is 17.4. The van der Waals surface area contributed by atoms with Gasteiger partial charge in [-0.3, -0.25) is 4.79 Å². The fraction of sp³-hybridized carbons (Fsp3) is 0.929. The van der Waals surface area contributed by atoms with Gasteiger partial charge in [-0.1, -0.05) is 27.2 Å². The third kappa shape index (κ3) is 5.83. The summed E-state index contributed by atoms with van der Waals surface area (Å²) in [5.74, 6) is 0.579. The van der Waals surface area contributed by atoms with Gasteiger partial charge in [0.25, 0.3) is 0 Å². The minimum Gasteiger partial charge on any atom is -0.394 e. The molecular weight excluding hydrogens is 228 g/mol. The largest absolute Gasteiger partial charge is 0.394 e. The standard InChI is InChI=1S/C14H30N2O2/c1-4-12(9-10-15)7-8-13(18)16-14(5-2,6-3)11-17/h12,17H,4-11,15H2,1-3H3,(H,16,18). The molecule has 0 rings (SSSR count). The Balaban J connectivity index is 4.16. The number of hydrogen-bond donors (Lipinski definition) is 3. The molecule has 4 heteroatoms. The van der Waals surface area contributed by atoms with Crippen LogP contribution >= 0.6 is 0 Å². The summed E-state index contributed by atoms with van der Waals surface area (Å²) in [7, 11) is 0. The van der Waals surface area contributed by atoms with Gasteiger partial charge >= 0.3 is 0 Å². The molecule has 1 unspecified atom stereocenters. The van der Waals surface area contributed by atoms with Gasteiger partial charge in [-0.05, 0) is 38.1 Å². The SMILES string of the molecule is CCC(CCN)CCC(=O)NC(CC)(CC)CO. The molecule has 0 aliphatic rings. The van der Waals surface area contributed by atoms with E-state index < -0.39 is 5.54 Å². The Bertz CT molecular complexity index is 220. The zero-order valence-electron chi connectivity index (χ0n) is 12.2. The molecule has 0 aromatic carbocycles. The highest BCUT2D eigenvalue weighted by Crippen LogP contribution is 2.17. The lowest BCUT2D eigenvalue weighted by atomic mass is 9.92. The first-order valence-electron chi connectivity index (χ1n) is 7.19. The summed E-state index contributed by atoms with van der Waals surface area (Å²) in [5.41, 5.74) is 5.11. The van der Waals surface area contributed by atoms with Crippen molar-refractivity contribution in [2.45, 2.75) is 64.8 Å². The van der Waals surface area contributed by atoms with Crippen molar-refractivity contribution in [2.75, 3.05) is 13.2 Å². The molecule has 1 amide bonds. The van der Waals surface area contributed by atoms with Crippen LogP contribution in [0.2, 0.25) is 0 Å². The number of carbonyl (C=O) groups is 1. The van der Waals surface area contributed by atoms with Crippen molar-refractivity contribution in [1.82, 2.24) is 5.32 Å². The average molecular weight is 258 g/mol. The van der Waals surface area contributed by atoms with Crippen LogP contribution in [0.5, 0.6) is 0 Å². The Hall–Kier alpha value is -0.610. The van der Waals surface area contributed by atoms with E-state index in [2.05, 4.69) is 12.2 Å². The van der Waals surface area contributed by atoms with Crippen molar-refractivity contribution in [3.8, 4) is 0 Å². The summed E-state index contributed by atoms with van der Waals surface area (Å²) in [6.07, 6.45) is 4.97. The van der Waals surface area contributed by atoms with Crippen LogP contribution in [0.4, 0.5) is 0 Å². The van der Waals surface area contributed by atoms with Gasteiger partial charge in [-0.15, -0.1) is 0 Å². The summed E-state index contributed by atoms with van der Waals surface area (Å²) in [6.45, 7) is 6.80. The molecule has 0 bridgehead atoms. The van der Waals surface area contributed by atoms with Gasteiger partial charge < -0.3 is 16.2 Å². The second kappa shape index (κ2) is 9.34. The van der Waals surface area contributed by atoms with Crippen LogP contribution in [0.3, 0.4) is 0 Å². The van der Waals surface area contributed by atoms with E-state index in [1.165, 1.54) is 0 Å². The maximum atomic E-state index is 11.9. The second-order valence-corrected chi connectivity index (χ2v) is 5.08. The van der Waals surface area contributed by atoms with Crippen LogP contribution in [0.25, 0.3) is 0 Å². The maximum Gasteiger partial charge on any atom is 0.220 e. The van der Waals surface area contributed by atoms with Gasteiger partial charge in [-0.2, -0.15) is 0 Å². The average Bonchev–Trinajstić information content (AvgIpc) is 2.41. The lowest BCUT2D eigenvalue weighted by Crippen LogP contribution is -2.50. The number of carbonyl (C=O) groups excluding carboxylic acids is 1. The van der Waals surface area contributed by atoms with Crippen LogP contribution < -0.4 is 11.1 Å². The minimum absolute atomic E-state index is 0.00570. The molecule has 0 saturated carbocycles. The summed E-state index contributed by atoms with van der Waals surface area (Å²) in [4.78, 5) is 11.9. The molecule has 0 aromatic heterocycles. The van der Waals surface area contributed by atoms with E-state index >= 15 is 0 Å². The molecule has 18 heavy (non-hydrogen) atoms. The molecule has 0 heterocycles. The monoisotopic (exact) mass is 258 g/mol. The van der Waals surface area contributed by atoms with E-state index in [9.17, 15) is 9.90 Å². The molecule has 0 fully saturated rings. The predicted octanol–water partition coefficient (Wildman–Crippen LogP) is 1.81. The number of nitrogens with two attached hydrogens (primary N) is 1. The summed E-state index contributed by atoms with van der Waals surface area (Å²) in [6, 6.07) is 0. The van der Waals surface area contributed by atoms with Gasteiger partial charge in [0.2, 0.25) is 5.91 Å². The fourth-order valence-corrected chi connectivity index (χ4v) is 2.17. The number of aliphatic hydroxyl groups excluding tert-OH is 1. The van der Waals surface area contributed by atoms with Crippen molar-refractivity contribution in [3.63, 3.8) is 0 Å². The van der Waals surface area contributed by atoms with E-state index in [1.807, 2.05) is 13.8 Å². The molecule has 0 aliphatic heterocycles. The number of nitrogens with one attached hydrogen (secondary N) is 1. The van der Waals surface area contributed by atoms with Crippen molar-refractivity contribution >= 4 is 5.91 Å². The molecule has 0 aliphatic carbocycles. The Kier molecular flexibility index (Phi) is 9.02. The fourth-order valence-electron chi connectivity index (χ4n) is 2.17. The van der Waals surface area contributed by atoms with Gasteiger partial charge in [0.1, 0.15) is 0 Å².